The molecular weight excluding hydrogens is 402 g/mol. The van der Waals surface area contributed by atoms with E-state index in [1.807, 2.05) is 43.3 Å². The van der Waals surface area contributed by atoms with E-state index in [0.717, 1.165) is 33.8 Å². The molecule has 1 N–H and O–H groups in total. The Bertz CT molecular complexity index is 1220. The highest BCUT2D eigenvalue weighted by Gasteiger charge is 2.17. The summed E-state index contributed by atoms with van der Waals surface area (Å²) in [7, 11) is -1.59. The number of fused-ring (bicyclic) bond motifs is 1. The number of sulfonamides is 1. The summed E-state index contributed by atoms with van der Waals surface area (Å²) in [5, 5.41) is 11.8. The summed E-state index contributed by atoms with van der Waals surface area (Å²) in [4.78, 5) is 0. The van der Waals surface area contributed by atoms with Crippen LogP contribution in [0.5, 0.6) is 5.75 Å². The molecule has 158 valence electrons. The molecule has 0 bridgehead atoms. The van der Waals surface area contributed by atoms with Gasteiger partial charge >= 0.3 is 0 Å². The van der Waals surface area contributed by atoms with Gasteiger partial charge in [-0.3, -0.25) is 0 Å². The molecule has 0 saturated carbocycles. The minimum absolute atomic E-state index is 0.200. The number of nitrogens with one attached hydrogen (secondary N) is 1. The molecule has 0 spiro atoms. The maximum absolute atomic E-state index is 11.1. The molecular formula is C22H25N3O4S. The molecule has 0 fully saturated rings. The number of nitriles is 1. The molecule has 1 aliphatic carbocycles. The van der Waals surface area contributed by atoms with Crippen LogP contribution in [0.2, 0.25) is 0 Å². The molecule has 0 unspecified atom stereocenters. The Morgan fingerprint density at radius 1 is 1.23 bits per heavy atom. The van der Waals surface area contributed by atoms with Gasteiger partial charge in [-0.15, -0.1) is 0 Å². The number of rotatable bonds is 8. The Morgan fingerprint density at radius 2 is 1.97 bits per heavy atom. The van der Waals surface area contributed by atoms with Crippen LogP contribution in [-0.2, 0) is 21.3 Å². The average Bonchev–Trinajstić information content (AvgIpc) is 2.86. The van der Waals surface area contributed by atoms with Gasteiger partial charge in [0, 0.05) is 24.4 Å². The number of allylic oxidation sites excluding steroid dienone is 2. The van der Waals surface area contributed by atoms with Crippen LogP contribution in [-0.4, -0.2) is 39.5 Å². The molecule has 1 aliphatic rings. The van der Waals surface area contributed by atoms with Gasteiger partial charge in [0.05, 0.1) is 30.0 Å². The van der Waals surface area contributed by atoms with Gasteiger partial charge in [-0.2, -0.15) is 5.26 Å². The lowest BCUT2D eigenvalue weighted by molar-refractivity contribution is 0.312. The molecule has 0 aliphatic heterocycles. The number of methoxy groups -OCH3 is 1. The van der Waals surface area contributed by atoms with Crippen molar-refractivity contribution >= 4 is 22.2 Å². The van der Waals surface area contributed by atoms with Crippen LogP contribution in [0.3, 0.4) is 0 Å². The summed E-state index contributed by atoms with van der Waals surface area (Å²) in [6.07, 6.45) is 7.82. The van der Waals surface area contributed by atoms with Crippen molar-refractivity contribution in [3.05, 3.63) is 52.2 Å². The first-order valence-corrected chi connectivity index (χ1v) is 11.5. The quantitative estimate of drug-likeness (QED) is 0.644. The highest BCUT2D eigenvalue weighted by Crippen LogP contribution is 2.24. The number of aromatic nitrogens is 1. The Labute approximate surface area is 176 Å². The fourth-order valence-electron chi connectivity index (χ4n) is 3.49. The van der Waals surface area contributed by atoms with E-state index in [2.05, 4.69) is 21.4 Å². The summed E-state index contributed by atoms with van der Waals surface area (Å²) < 4.78 is 37.7. The third-order valence-corrected chi connectivity index (χ3v) is 5.52. The van der Waals surface area contributed by atoms with E-state index < -0.39 is 10.0 Å². The van der Waals surface area contributed by atoms with Gasteiger partial charge in [0.15, 0.2) is 0 Å². The van der Waals surface area contributed by atoms with Crippen molar-refractivity contribution in [2.75, 3.05) is 26.5 Å². The first-order valence-electron chi connectivity index (χ1n) is 9.64. The average molecular weight is 428 g/mol. The SMILES string of the molecule is CCn1c(-c2ccc(OCCNS(C)(=O)=O)cc2)c(C#N)c2c1=CC(OC)=CCC=2. The molecule has 8 heteroatoms. The van der Waals surface area contributed by atoms with Crippen LogP contribution in [0.1, 0.15) is 18.9 Å². The van der Waals surface area contributed by atoms with Crippen molar-refractivity contribution in [1.29, 1.82) is 5.26 Å². The topological polar surface area (TPSA) is 93.4 Å². The van der Waals surface area contributed by atoms with Crippen LogP contribution in [0.4, 0.5) is 0 Å². The lowest BCUT2D eigenvalue weighted by Crippen LogP contribution is -2.29. The summed E-state index contributed by atoms with van der Waals surface area (Å²) >= 11 is 0. The first kappa shape index (κ1) is 21.7. The lowest BCUT2D eigenvalue weighted by Gasteiger charge is -2.10. The summed E-state index contributed by atoms with van der Waals surface area (Å²) in [5.41, 5.74) is 2.41. The molecule has 3 rings (SSSR count). The number of hydrogen-bond acceptors (Lipinski definition) is 5. The van der Waals surface area contributed by atoms with Crippen LogP contribution in [0.25, 0.3) is 23.4 Å². The van der Waals surface area contributed by atoms with Gasteiger partial charge < -0.3 is 14.0 Å². The number of nitrogens with zero attached hydrogens (tertiary/aromatic N) is 2. The van der Waals surface area contributed by atoms with Crippen molar-refractivity contribution in [2.45, 2.75) is 19.9 Å². The van der Waals surface area contributed by atoms with Crippen molar-refractivity contribution in [3.63, 3.8) is 0 Å². The van der Waals surface area contributed by atoms with Crippen molar-refractivity contribution < 1.29 is 17.9 Å². The predicted octanol–water partition coefficient (Wildman–Crippen LogP) is 1.47. The molecule has 0 radical (unpaired) electrons. The minimum Gasteiger partial charge on any atom is -0.497 e. The fraction of sp³-hybridized carbons (Fsp3) is 0.318. The smallest absolute Gasteiger partial charge is 0.208 e. The lowest BCUT2D eigenvalue weighted by atomic mass is 10.1. The van der Waals surface area contributed by atoms with Crippen LogP contribution >= 0.6 is 0 Å². The molecule has 0 saturated heterocycles. The van der Waals surface area contributed by atoms with Crippen molar-refractivity contribution in [3.8, 4) is 23.1 Å². The van der Waals surface area contributed by atoms with E-state index >= 15 is 0 Å². The van der Waals surface area contributed by atoms with E-state index in [9.17, 15) is 13.7 Å². The summed E-state index contributed by atoms with van der Waals surface area (Å²) in [5.74, 6) is 1.41. The van der Waals surface area contributed by atoms with E-state index in [-0.39, 0.29) is 13.2 Å². The van der Waals surface area contributed by atoms with Gasteiger partial charge in [-0.1, -0.05) is 6.08 Å². The number of hydrogen-bond donors (Lipinski definition) is 1. The second-order valence-electron chi connectivity index (χ2n) is 6.81. The molecule has 1 aromatic heterocycles. The Hall–Kier alpha value is -3.02. The Balaban J connectivity index is 1.94. The van der Waals surface area contributed by atoms with Gasteiger partial charge in [-0.25, -0.2) is 13.1 Å². The fourth-order valence-corrected chi connectivity index (χ4v) is 3.95. The third kappa shape index (κ3) is 4.75. The van der Waals surface area contributed by atoms with Crippen molar-refractivity contribution in [1.82, 2.24) is 9.29 Å². The Kier molecular flexibility index (Phi) is 6.65. The van der Waals surface area contributed by atoms with Crippen LogP contribution in [0.15, 0.2) is 36.1 Å². The molecule has 0 atom stereocenters. The standard InChI is InChI=1S/C22H25N3O4S/c1-4-25-21-14-18(28-2)6-5-7-19(21)20(15-23)22(25)16-8-10-17(11-9-16)29-13-12-24-30(3,26)27/h6-11,14,24H,4-5,12-13H2,1-3H3. The zero-order valence-electron chi connectivity index (χ0n) is 17.3. The van der Waals surface area contributed by atoms with Crippen LogP contribution in [0, 0.1) is 11.3 Å². The second-order valence-corrected chi connectivity index (χ2v) is 8.65. The van der Waals surface area contributed by atoms with E-state index in [1.54, 1.807) is 7.11 Å². The minimum atomic E-state index is -3.23. The largest absolute Gasteiger partial charge is 0.497 e. The van der Waals surface area contributed by atoms with Gasteiger partial charge in [0.2, 0.25) is 10.0 Å². The molecule has 1 heterocycles. The summed E-state index contributed by atoms with van der Waals surface area (Å²) in [6.45, 7) is 3.18. The number of ether oxygens (including phenoxy) is 2. The second kappa shape index (κ2) is 9.20. The highest BCUT2D eigenvalue weighted by molar-refractivity contribution is 7.88. The monoisotopic (exact) mass is 427 g/mol. The van der Waals surface area contributed by atoms with Crippen LogP contribution < -0.4 is 20.0 Å². The zero-order valence-corrected chi connectivity index (χ0v) is 18.1. The molecule has 0 amide bonds. The van der Waals surface area contributed by atoms with Gasteiger partial charge in [-0.05, 0) is 49.2 Å². The summed E-state index contributed by atoms with van der Waals surface area (Å²) in [6, 6.07) is 9.84. The van der Waals surface area contributed by atoms with Gasteiger partial charge in [0.1, 0.15) is 24.2 Å². The van der Waals surface area contributed by atoms with E-state index in [0.29, 0.717) is 24.3 Å². The third-order valence-electron chi connectivity index (χ3n) is 4.79. The molecule has 2 aromatic rings. The normalized spacial score (nSPS) is 13.2. The number of benzene rings is 1. The zero-order chi connectivity index (χ0) is 21.7. The maximum Gasteiger partial charge on any atom is 0.208 e. The van der Waals surface area contributed by atoms with Gasteiger partial charge in [0.25, 0.3) is 0 Å². The van der Waals surface area contributed by atoms with E-state index in [1.165, 1.54) is 0 Å². The first-order chi connectivity index (χ1) is 14.4. The highest BCUT2D eigenvalue weighted by atomic mass is 32.2. The molecule has 1 aromatic carbocycles. The molecule has 7 nitrogen and oxygen atoms in total. The maximum atomic E-state index is 11.1. The van der Waals surface area contributed by atoms with E-state index in [4.69, 9.17) is 9.47 Å². The molecule has 30 heavy (non-hydrogen) atoms. The predicted molar refractivity (Wildman–Crippen MR) is 116 cm³/mol. The van der Waals surface area contributed by atoms with Crippen molar-refractivity contribution in [2.24, 2.45) is 0 Å². The Morgan fingerprint density at radius 3 is 2.57 bits per heavy atom.